The van der Waals surface area contributed by atoms with Gasteiger partial charge in [0.15, 0.2) is 5.78 Å². The summed E-state index contributed by atoms with van der Waals surface area (Å²) in [6, 6.07) is 0. The van der Waals surface area contributed by atoms with Gasteiger partial charge in [0.2, 0.25) is 0 Å². The summed E-state index contributed by atoms with van der Waals surface area (Å²) in [6.45, 7) is 0. The molecule has 3 aliphatic rings. The third kappa shape index (κ3) is 1.10. The van der Waals surface area contributed by atoms with E-state index in [9.17, 15) is 4.79 Å². The molecule has 0 N–H and O–H groups in total. The van der Waals surface area contributed by atoms with Crippen molar-refractivity contribution in [3.63, 3.8) is 0 Å². The van der Waals surface area contributed by atoms with Gasteiger partial charge in [0.1, 0.15) is 4.61 Å². The Morgan fingerprint density at radius 3 is 3.00 bits per heavy atom. The van der Waals surface area contributed by atoms with Gasteiger partial charge in [0.25, 0.3) is 0 Å². The lowest BCUT2D eigenvalue weighted by Gasteiger charge is -2.31. The van der Waals surface area contributed by atoms with Crippen LogP contribution in [-0.4, -0.2) is 11.5 Å². The first-order chi connectivity index (χ1) is 7.22. The van der Waals surface area contributed by atoms with Crippen LogP contribution in [0.25, 0.3) is 0 Å². The Hall–Kier alpha value is -1.22. The van der Waals surface area contributed by atoms with Crippen molar-refractivity contribution in [3.8, 4) is 0 Å². The number of carbonyl (C=O) groups excluding carboxylic acids is 1. The van der Waals surface area contributed by atoms with Crippen LogP contribution < -0.4 is 0 Å². The van der Waals surface area contributed by atoms with Crippen LogP contribution in [0.15, 0.2) is 51.6 Å². The van der Waals surface area contributed by atoms with E-state index >= 15 is 0 Å². The van der Waals surface area contributed by atoms with E-state index in [2.05, 4.69) is 27.0 Å². The molecule has 2 nitrogen and oxygen atoms in total. The molecular weight excluding hydrogens is 254 g/mol. The number of ketones is 1. The zero-order valence-electron chi connectivity index (χ0n) is 7.90. The quantitative estimate of drug-likeness (QED) is 0.617. The largest absolute Gasteiger partial charge is 0.295 e. The second-order valence-electron chi connectivity index (χ2n) is 3.87. The van der Waals surface area contributed by atoms with Gasteiger partial charge in [-0.1, -0.05) is 24.3 Å². The fourth-order valence-electron chi connectivity index (χ4n) is 2.29. The molecule has 0 saturated carbocycles. The predicted octanol–water partition coefficient (Wildman–Crippen LogP) is 2.69. The summed E-state index contributed by atoms with van der Waals surface area (Å²) < 4.78 is 0.845. The van der Waals surface area contributed by atoms with Gasteiger partial charge < -0.3 is 0 Å². The van der Waals surface area contributed by atoms with Crippen molar-refractivity contribution < 1.29 is 4.79 Å². The van der Waals surface area contributed by atoms with Gasteiger partial charge in [-0.2, -0.15) is 0 Å². The van der Waals surface area contributed by atoms with E-state index < -0.39 is 0 Å². The second kappa shape index (κ2) is 2.89. The first-order valence-corrected chi connectivity index (χ1v) is 5.58. The van der Waals surface area contributed by atoms with Gasteiger partial charge in [0.05, 0.1) is 11.1 Å². The van der Waals surface area contributed by atoms with E-state index in [1.54, 1.807) is 6.08 Å². The molecule has 3 heteroatoms. The van der Waals surface area contributed by atoms with Crippen LogP contribution in [0.5, 0.6) is 0 Å². The Balaban J connectivity index is 2.24. The lowest BCUT2D eigenvalue weighted by atomic mass is 9.69. The fraction of sp³-hybridized carbons (Fsp3) is 0.167. The Morgan fingerprint density at radius 1 is 1.27 bits per heavy atom. The Morgan fingerprint density at radius 2 is 2.13 bits per heavy atom. The normalized spacial score (nSPS) is 31.8. The van der Waals surface area contributed by atoms with E-state index in [-0.39, 0.29) is 11.2 Å². The summed E-state index contributed by atoms with van der Waals surface area (Å²) >= 11 is 3.45. The van der Waals surface area contributed by atoms with Crippen LogP contribution in [0, 0.1) is 5.41 Å². The topological polar surface area (TPSA) is 29.4 Å². The van der Waals surface area contributed by atoms with Crippen molar-refractivity contribution in [1.82, 2.24) is 0 Å². The van der Waals surface area contributed by atoms with Gasteiger partial charge in [-0.3, -0.25) is 4.79 Å². The maximum atomic E-state index is 11.5. The van der Waals surface area contributed by atoms with Gasteiger partial charge in [0, 0.05) is 12.0 Å². The van der Waals surface area contributed by atoms with Gasteiger partial charge >= 0.3 is 0 Å². The van der Waals surface area contributed by atoms with E-state index in [0.29, 0.717) is 6.42 Å². The van der Waals surface area contributed by atoms with Crippen molar-refractivity contribution in [2.75, 3.05) is 0 Å². The Kier molecular flexibility index (Phi) is 1.74. The molecular formula is C12H8BrNO. The predicted molar refractivity (Wildman–Crippen MR) is 62.9 cm³/mol. The Labute approximate surface area is 95.9 Å². The second-order valence-corrected chi connectivity index (χ2v) is 4.62. The third-order valence-electron chi connectivity index (χ3n) is 3.01. The lowest BCUT2D eigenvalue weighted by Crippen LogP contribution is -2.33. The van der Waals surface area contributed by atoms with E-state index in [1.807, 2.05) is 24.3 Å². The first kappa shape index (κ1) is 9.04. The summed E-state index contributed by atoms with van der Waals surface area (Å²) in [7, 11) is 0. The van der Waals surface area contributed by atoms with E-state index in [1.165, 1.54) is 0 Å². The number of halogens is 1. The molecule has 1 spiro atoms. The van der Waals surface area contributed by atoms with E-state index in [0.717, 1.165) is 15.9 Å². The van der Waals surface area contributed by atoms with Crippen LogP contribution in [0.2, 0.25) is 0 Å². The van der Waals surface area contributed by atoms with Gasteiger partial charge in [-0.05, 0) is 28.1 Å². The van der Waals surface area contributed by atoms with Crippen molar-refractivity contribution >= 4 is 27.4 Å². The van der Waals surface area contributed by atoms with Gasteiger partial charge in [-0.25, -0.2) is 4.99 Å². The molecule has 3 rings (SSSR count). The number of aliphatic imine (C=N–C) groups is 1. The number of nitrogens with zero attached hydrogens (tertiary/aromatic N) is 1. The molecule has 1 aliphatic heterocycles. The molecule has 1 heterocycles. The summed E-state index contributed by atoms with van der Waals surface area (Å²) in [5.41, 5.74) is 1.77. The zero-order valence-corrected chi connectivity index (χ0v) is 9.49. The minimum Gasteiger partial charge on any atom is -0.295 e. The Bertz CT molecular complexity index is 508. The van der Waals surface area contributed by atoms with Crippen LogP contribution in [-0.2, 0) is 4.79 Å². The number of rotatable bonds is 0. The molecule has 74 valence electrons. The standard InChI is InChI=1S/C12H8BrNO/c13-11-9-3-1-2-6-12(9)7-8(15)4-5-10(12)14-11/h1-6H,7H2. The molecule has 2 aliphatic carbocycles. The lowest BCUT2D eigenvalue weighted by molar-refractivity contribution is -0.115. The summed E-state index contributed by atoms with van der Waals surface area (Å²) in [4.78, 5) is 16.0. The van der Waals surface area contributed by atoms with Crippen molar-refractivity contribution in [3.05, 3.63) is 46.6 Å². The summed E-state index contributed by atoms with van der Waals surface area (Å²) in [6.07, 6.45) is 12.0. The number of hydrogen-bond donors (Lipinski definition) is 0. The zero-order chi connectivity index (χ0) is 10.5. The summed E-state index contributed by atoms with van der Waals surface area (Å²) in [5, 5.41) is 0. The van der Waals surface area contributed by atoms with Crippen molar-refractivity contribution in [2.45, 2.75) is 6.42 Å². The number of carbonyl (C=O) groups is 1. The average molecular weight is 262 g/mol. The summed E-state index contributed by atoms with van der Waals surface area (Å²) in [5.74, 6) is 0.161. The molecule has 1 unspecified atom stereocenters. The van der Waals surface area contributed by atoms with Crippen LogP contribution in [0.1, 0.15) is 6.42 Å². The number of allylic oxidation sites excluding steroid dienone is 7. The molecule has 0 aromatic carbocycles. The third-order valence-corrected chi connectivity index (χ3v) is 3.62. The van der Waals surface area contributed by atoms with Crippen molar-refractivity contribution in [1.29, 1.82) is 0 Å². The average Bonchev–Trinajstić information content (AvgIpc) is 2.50. The SMILES string of the molecule is O=C1C=CC2=NC(Br)=C3C=CC=CC23C1. The van der Waals surface area contributed by atoms with Gasteiger partial charge in [-0.15, -0.1) is 0 Å². The molecule has 0 aromatic heterocycles. The molecule has 0 bridgehead atoms. The fourth-order valence-corrected chi connectivity index (χ4v) is 2.97. The highest BCUT2D eigenvalue weighted by Crippen LogP contribution is 2.48. The molecule has 0 aromatic rings. The monoisotopic (exact) mass is 261 g/mol. The van der Waals surface area contributed by atoms with Crippen molar-refractivity contribution in [2.24, 2.45) is 10.4 Å². The van der Waals surface area contributed by atoms with E-state index in [4.69, 9.17) is 0 Å². The number of hydrogen-bond acceptors (Lipinski definition) is 2. The highest BCUT2D eigenvalue weighted by atomic mass is 79.9. The maximum absolute atomic E-state index is 11.5. The van der Waals surface area contributed by atoms with Crippen LogP contribution in [0.3, 0.4) is 0 Å². The van der Waals surface area contributed by atoms with Crippen LogP contribution in [0.4, 0.5) is 0 Å². The molecule has 0 saturated heterocycles. The molecule has 1 atom stereocenters. The maximum Gasteiger partial charge on any atom is 0.157 e. The molecule has 0 fully saturated rings. The first-order valence-electron chi connectivity index (χ1n) is 4.79. The smallest absolute Gasteiger partial charge is 0.157 e. The highest BCUT2D eigenvalue weighted by molar-refractivity contribution is 9.11. The molecule has 15 heavy (non-hydrogen) atoms. The van der Waals surface area contributed by atoms with Crippen LogP contribution >= 0.6 is 15.9 Å². The minimum absolute atomic E-state index is 0.161. The molecule has 0 radical (unpaired) electrons. The highest BCUT2D eigenvalue weighted by Gasteiger charge is 2.44. The minimum atomic E-state index is -0.292. The molecule has 0 amide bonds.